The number of rotatable bonds is 11. The Bertz CT molecular complexity index is 1470. The number of amides is 1. The van der Waals surface area contributed by atoms with Gasteiger partial charge in [-0.2, -0.15) is 0 Å². The summed E-state index contributed by atoms with van der Waals surface area (Å²) in [5.74, 6) is -4.31. The minimum Gasteiger partial charge on any atom is -0.462 e. The normalized spacial score (nSPS) is 26.5. The van der Waals surface area contributed by atoms with Gasteiger partial charge < -0.3 is 23.6 Å². The van der Waals surface area contributed by atoms with E-state index in [9.17, 15) is 32.7 Å². The number of carbonyl (C=O) groups is 3. The molecule has 234 valence electrons. The fourth-order valence-electron chi connectivity index (χ4n) is 4.46. The van der Waals surface area contributed by atoms with E-state index >= 15 is 4.39 Å². The Kier molecular flexibility index (Phi) is 9.94. The maximum absolute atomic E-state index is 15.3. The Balaban J connectivity index is 1.66. The molecule has 1 unspecified atom stereocenters. The van der Waals surface area contributed by atoms with Crippen LogP contribution in [0.2, 0.25) is 0 Å². The lowest BCUT2D eigenvalue weighted by Gasteiger charge is -2.35. The van der Waals surface area contributed by atoms with Crippen LogP contribution in [0.3, 0.4) is 0 Å². The van der Waals surface area contributed by atoms with Gasteiger partial charge in [0, 0.05) is 11.6 Å². The monoisotopic (exact) mass is 648 g/mol. The third-order valence-electron chi connectivity index (χ3n) is 6.66. The number of esters is 1. The van der Waals surface area contributed by atoms with Crippen molar-refractivity contribution in [3.05, 3.63) is 54.5 Å². The van der Waals surface area contributed by atoms with Crippen molar-refractivity contribution in [1.82, 2.24) is 9.99 Å². The zero-order valence-electron chi connectivity index (χ0n) is 23.1. The van der Waals surface area contributed by atoms with Gasteiger partial charge in [-0.1, -0.05) is 36.4 Å². The van der Waals surface area contributed by atoms with E-state index in [1.807, 2.05) is 0 Å². The number of ether oxygens (including phenoxy) is 2. The molecule has 0 spiro atoms. The van der Waals surface area contributed by atoms with Crippen molar-refractivity contribution >= 4 is 46.9 Å². The van der Waals surface area contributed by atoms with E-state index in [2.05, 4.69) is 5.09 Å². The zero-order valence-corrected chi connectivity index (χ0v) is 24.8. The number of allylic oxidation sites excluding steroid dienone is 1. The smallest absolute Gasteiger partial charge is 0.323 e. The highest BCUT2D eigenvalue weighted by atomic mass is 32.5. The Labute approximate surface area is 249 Å². The summed E-state index contributed by atoms with van der Waals surface area (Å²) in [4.78, 5) is 36.7. The molecule has 0 aliphatic carbocycles. The number of hydrogen-bond donors (Lipinski definition) is 2. The predicted molar refractivity (Wildman–Crippen MR) is 149 cm³/mol. The third-order valence-corrected chi connectivity index (χ3v) is 9.13. The molecule has 0 aromatic heterocycles. The SMILES string of the molecule is CC(C)OC(=O)[C@H](C)NP(=S)(OC[C@@]1(C(F)F)O[C@@H](N2C=C(F)C(=O)CC2=O)[C@H](F)[C@@H]1O)Oc1cccc2ccccc12. The highest BCUT2D eigenvalue weighted by Crippen LogP contribution is 2.50. The number of alkyl halides is 3. The number of Topliss-reactive ketones (excluding diaryl/α,β-unsaturated/α-hetero) is 1. The van der Waals surface area contributed by atoms with Gasteiger partial charge in [-0.3, -0.25) is 19.3 Å². The first kappa shape index (κ1) is 33.0. The van der Waals surface area contributed by atoms with Gasteiger partial charge in [0.05, 0.1) is 19.1 Å². The van der Waals surface area contributed by atoms with Crippen LogP contribution >= 0.6 is 6.64 Å². The Morgan fingerprint density at radius 3 is 2.56 bits per heavy atom. The lowest BCUT2D eigenvalue weighted by atomic mass is 9.97. The lowest BCUT2D eigenvalue weighted by molar-refractivity contribution is -0.199. The number of carbonyl (C=O) groups excluding carboxylic acids is 3. The first-order valence-electron chi connectivity index (χ1n) is 13.1. The molecule has 1 amide bonds. The van der Waals surface area contributed by atoms with Crippen molar-refractivity contribution in [2.75, 3.05) is 6.61 Å². The molecule has 0 radical (unpaired) electrons. The molecule has 1 fully saturated rings. The molecule has 0 bridgehead atoms. The summed E-state index contributed by atoms with van der Waals surface area (Å²) in [6.45, 7) is -0.699. The van der Waals surface area contributed by atoms with Gasteiger partial charge in [-0.25, -0.2) is 22.6 Å². The van der Waals surface area contributed by atoms with Crippen LogP contribution in [0.25, 0.3) is 10.8 Å². The van der Waals surface area contributed by atoms with Gasteiger partial charge in [-0.15, -0.1) is 0 Å². The average molecular weight is 649 g/mol. The van der Waals surface area contributed by atoms with E-state index in [1.165, 1.54) is 13.0 Å². The largest absolute Gasteiger partial charge is 0.462 e. The molecule has 1 saturated heterocycles. The van der Waals surface area contributed by atoms with Crippen LogP contribution < -0.4 is 9.61 Å². The van der Waals surface area contributed by atoms with Gasteiger partial charge in [-0.05, 0) is 44.0 Å². The van der Waals surface area contributed by atoms with Gasteiger partial charge in [0.15, 0.2) is 23.8 Å². The van der Waals surface area contributed by atoms with E-state index in [0.29, 0.717) is 16.5 Å². The van der Waals surface area contributed by atoms with Gasteiger partial charge in [0.25, 0.3) is 6.43 Å². The van der Waals surface area contributed by atoms with Crippen molar-refractivity contribution in [2.45, 2.75) is 69.9 Å². The number of nitrogens with one attached hydrogen (secondary N) is 1. The van der Waals surface area contributed by atoms with Crippen molar-refractivity contribution in [3.63, 3.8) is 0 Å². The van der Waals surface area contributed by atoms with Crippen LogP contribution in [-0.2, 0) is 40.2 Å². The summed E-state index contributed by atoms with van der Waals surface area (Å²) >= 11 is 5.61. The molecular formula is C27H29F4N2O8PS. The van der Waals surface area contributed by atoms with E-state index in [4.69, 9.17) is 30.3 Å². The predicted octanol–water partition coefficient (Wildman–Crippen LogP) is 4.06. The summed E-state index contributed by atoms with van der Waals surface area (Å²) in [5, 5.41) is 14.6. The summed E-state index contributed by atoms with van der Waals surface area (Å²) < 4.78 is 80.5. The minimum atomic E-state index is -4.02. The fourth-order valence-corrected chi connectivity index (χ4v) is 6.88. The van der Waals surface area contributed by atoms with Crippen molar-refractivity contribution in [1.29, 1.82) is 0 Å². The average Bonchev–Trinajstić information content (AvgIpc) is 3.20. The standard InChI is InChI=1S/C27H29F4N2O8PS/c1-14(2)39-25(37)15(3)32-42(43,41-20-10-6-8-16-7-4-5-9-17(16)20)38-13-27(26(30)31)23(36)22(29)24(40-27)33-12-18(28)19(34)11-21(33)35/h4-10,12,14-15,22-24,26,36H,11,13H2,1-3H3,(H,32,43)/t15-,22+,23-,24+,27+,42?/m0/s1. The number of halogens is 4. The van der Waals surface area contributed by atoms with Gasteiger partial charge >= 0.3 is 12.6 Å². The zero-order chi connectivity index (χ0) is 31.7. The molecule has 0 saturated carbocycles. The molecule has 2 N–H and O–H groups in total. The maximum atomic E-state index is 15.3. The van der Waals surface area contributed by atoms with E-state index in [0.717, 1.165) is 5.39 Å². The van der Waals surface area contributed by atoms with Gasteiger partial charge in [0.1, 0.15) is 17.9 Å². The molecule has 6 atom stereocenters. The summed E-state index contributed by atoms with van der Waals surface area (Å²) in [7, 11) is 0. The molecule has 2 aromatic rings. The molecular weight excluding hydrogens is 619 g/mol. The van der Waals surface area contributed by atoms with Crippen LogP contribution in [0.4, 0.5) is 17.6 Å². The van der Waals surface area contributed by atoms with E-state index < -0.39 is 85.8 Å². The second kappa shape index (κ2) is 13.0. The lowest BCUT2D eigenvalue weighted by Crippen LogP contribution is -2.52. The Morgan fingerprint density at radius 2 is 1.88 bits per heavy atom. The number of ketones is 1. The fraction of sp³-hybridized carbons (Fsp3) is 0.444. The first-order chi connectivity index (χ1) is 20.2. The molecule has 2 aromatic carbocycles. The maximum Gasteiger partial charge on any atom is 0.323 e. The Hall–Kier alpha value is -2.94. The number of benzene rings is 2. The molecule has 16 heteroatoms. The minimum absolute atomic E-state index is 0.169. The molecule has 2 aliphatic rings. The van der Waals surface area contributed by atoms with Crippen LogP contribution in [0.15, 0.2) is 54.5 Å². The third kappa shape index (κ3) is 6.92. The van der Waals surface area contributed by atoms with Crippen LogP contribution in [0.1, 0.15) is 27.2 Å². The number of hydrogen-bond acceptors (Lipinski definition) is 9. The van der Waals surface area contributed by atoms with Crippen LogP contribution in [0.5, 0.6) is 5.75 Å². The van der Waals surface area contributed by atoms with E-state index in [-0.39, 0.29) is 5.75 Å². The number of aliphatic hydroxyl groups is 1. The summed E-state index contributed by atoms with van der Waals surface area (Å²) in [6.07, 6.45) is -12.2. The highest BCUT2D eigenvalue weighted by molar-refractivity contribution is 8.09. The second-order valence-electron chi connectivity index (χ2n) is 10.2. The molecule has 2 heterocycles. The number of aliphatic hydroxyl groups excluding tert-OH is 1. The quantitative estimate of drug-likeness (QED) is 0.160. The van der Waals surface area contributed by atoms with E-state index in [1.54, 1.807) is 50.2 Å². The van der Waals surface area contributed by atoms with Crippen LogP contribution in [0, 0.1) is 0 Å². The topological polar surface area (TPSA) is 124 Å². The number of fused-ring (bicyclic) bond motifs is 1. The van der Waals surface area contributed by atoms with Crippen molar-refractivity contribution in [2.24, 2.45) is 0 Å². The summed E-state index contributed by atoms with van der Waals surface area (Å²) in [5.41, 5.74) is -3.12. The Morgan fingerprint density at radius 1 is 1.21 bits per heavy atom. The highest BCUT2D eigenvalue weighted by Gasteiger charge is 2.63. The second-order valence-corrected chi connectivity index (χ2v) is 13.3. The van der Waals surface area contributed by atoms with Crippen molar-refractivity contribution in [3.8, 4) is 5.75 Å². The van der Waals surface area contributed by atoms with Crippen LogP contribution in [-0.4, -0.2) is 76.9 Å². The number of nitrogens with zero attached hydrogens (tertiary/aromatic N) is 1. The molecule has 2 aliphatic heterocycles. The van der Waals surface area contributed by atoms with Gasteiger partial charge in [0.2, 0.25) is 11.7 Å². The molecule has 10 nitrogen and oxygen atoms in total. The summed E-state index contributed by atoms with van der Waals surface area (Å²) in [6, 6.07) is 10.8. The first-order valence-corrected chi connectivity index (χ1v) is 15.7. The molecule has 43 heavy (non-hydrogen) atoms. The molecule has 4 rings (SSSR count). The van der Waals surface area contributed by atoms with Crippen molar-refractivity contribution < 1.29 is 55.6 Å².